The molecule has 202 valence electrons. The van der Waals surface area contributed by atoms with Crippen LogP contribution in [-0.4, -0.2) is 49.6 Å². The molecule has 0 aliphatic carbocycles. The molecule has 4 N–H and O–H groups in total. The standard InChI is InChI=1S/C27H30ClN3O6S/c1-3-4-14-38(36,37)29-16-24(27(34)35)31-26(33)22-13-12-19(15-23(22)28)25(32)30-17(2)20-11-7-9-18-8-5-6-10-21(18)20/h5-13,15,17,24,29H,3-4,14,16H2,1-2H3,(H,30,32)(H,31,33)(H,34,35). The normalized spacial score (nSPS) is 13.0. The number of amides is 2. The summed E-state index contributed by atoms with van der Waals surface area (Å²) in [7, 11) is -3.67. The summed E-state index contributed by atoms with van der Waals surface area (Å²) in [5, 5.41) is 16.7. The molecule has 2 amide bonds. The van der Waals surface area contributed by atoms with E-state index in [-0.39, 0.29) is 27.9 Å². The van der Waals surface area contributed by atoms with Gasteiger partial charge in [0.05, 0.1) is 22.4 Å². The first-order valence-corrected chi connectivity index (χ1v) is 14.1. The molecule has 3 aromatic carbocycles. The second kappa shape index (κ2) is 12.9. The van der Waals surface area contributed by atoms with E-state index in [2.05, 4.69) is 15.4 Å². The Kier molecular flexibility index (Phi) is 9.84. The van der Waals surface area contributed by atoms with Gasteiger partial charge in [-0.1, -0.05) is 67.4 Å². The van der Waals surface area contributed by atoms with E-state index in [1.165, 1.54) is 18.2 Å². The van der Waals surface area contributed by atoms with Gasteiger partial charge in [0, 0.05) is 12.1 Å². The van der Waals surface area contributed by atoms with Crippen LogP contribution in [-0.2, 0) is 14.8 Å². The zero-order valence-electron chi connectivity index (χ0n) is 21.0. The van der Waals surface area contributed by atoms with Crippen molar-refractivity contribution in [2.24, 2.45) is 0 Å². The first-order chi connectivity index (χ1) is 18.0. The van der Waals surface area contributed by atoms with Crippen LogP contribution >= 0.6 is 11.6 Å². The lowest BCUT2D eigenvalue weighted by Crippen LogP contribution is -2.48. The van der Waals surface area contributed by atoms with Gasteiger partial charge in [-0.05, 0) is 47.9 Å². The molecule has 11 heteroatoms. The molecule has 0 aliphatic heterocycles. The molecule has 0 spiro atoms. The van der Waals surface area contributed by atoms with Crippen LogP contribution in [0.5, 0.6) is 0 Å². The highest BCUT2D eigenvalue weighted by atomic mass is 35.5. The minimum atomic E-state index is -3.67. The van der Waals surface area contributed by atoms with Crippen molar-refractivity contribution in [3.8, 4) is 0 Å². The van der Waals surface area contributed by atoms with Gasteiger partial charge in [0.25, 0.3) is 11.8 Å². The molecule has 9 nitrogen and oxygen atoms in total. The molecule has 0 fully saturated rings. The fourth-order valence-corrected chi connectivity index (χ4v) is 5.38. The first kappa shape index (κ1) is 29.1. The smallest absolute Gasteiger partial charge is 0.327 e. The van der Waals surface area contributed by atoms with E-state index in [0.717, 1.165) is 16.3 Å². The number of hydrogen-bond acceptors (Lipinski definition) is 5. The van der Waals surface area contributed by atoms with E-state index < -0.39 is 40.4 Å². The summed E-state index contributed by atoms with van der Waals surface area (Å²) in [4.78, 5) is 37.2. The number of fused-ring (bicyclic) bond motifs is 1. The molecule has 2 unspecified atom stereocenters. The lowest BCUT2D eigenvalue weighted by molar-refractivity contribution is -0.139. The van der Waals surface area contributed by atoms with Crippen molar-refractivity contribution < 1.29 is 27.9 Å². The second-order valence-electron chi connectivity index (χ2n) is 8.84. The summed E-state index contributed by atoms with van der Waals surface area (Å²) in [6.45, 7) is 3.18. The highest BCUT2D eigenvalue weighted by Crippen LogP contribution is 2.25. The van der Waals surface area contributed by atoms with Gasteiger partial charge in [0.1, 0.15) is 6.04 Å². The summed E-state index contributed by atoms with van der Waals surface area (Å²) in [6, 6.07) is 15.9. The summed E-state index contributed by atoms with van der Waals surface area (Å²) in [6.07, 6.45) is 1.09. The van der Waals surface area contributed by atoms with E-state index in [1.54, 1.807) is 0 Å². The Labute approximate surface area is 226 Å². The molecule has 3 rings (SSSR count). The maximum atomic E-state index is 12.9. The van der Waals surface area contributed by atoms with Gasteiger partial charge in [0.2, 0.25) is 10.0 Å². The Balaban J connectivity index is 1.68. The SMILES string of the molecule is CCCCS(=O)(=O)NCC(NC(=O)c1ccc(C(=O)NC(C)c2cccc3ccccc23)cc1Cl)C(=O)O. The fraction of sp³-hybridized carbons (Fsp3) is 0.296. The van der Waals surface area contributed by atoms with Gasteiger partial charge >= 0.3 is 5.97 Å². The van der Waals surface area contributed by atoms with Gasteiger partial charge in [-0.2, -0.15) is 0 Å². The molecule has 0 radical (unpaired) electrons. The van der Waals surface area contributed by atoms with E-state index in [9.17, 15) is 27.9 Å². The lowest BCUT2D eigenvalue weighted by Gasteiger charge is -2.18. The molecular formula is C27H30ClN3O6S. The van der Waals surface area contributed by atoms with Crippen LogP contribution in [0.2, 0.25) is 5.02 Å². The first-order valence-electron chi connectivity index (χ1n) is 12.1. The van der Waals surface area contributed by atoms with Gasteiger partial charge in [-0.15, -0.1) is 0 Å². The summed E-state index contributed by atoms with van der Waals surface area (Å²) in [5.74, 6) is -2.76. The number of halogens is 1. The average molecular weight is 560 g/mol. The fourth-order valence-electron chi connectivity index (χ4n) is 3.88. The predicted molar refractivity (Wildman–Crippen MR) is 147 cm³/mol. The Morgan fingerprint density at radius 2 is 1.68 bits per heavy atom. The number of carboxylic acids is 1. The minimum Gasteiger partial charge on any atom is -0.480 e. The number of carboxylic acid groups (broad SMARTS) is 1. The van der Waals surface area contributed by atoms with E-state index >= 15 is 0 Å². The van der Waals surface area contributed by atoms with Crippen molar-refractivity contribution in [2.45, 2.75) is 38.8 Å². The number of hydrogen-bond donors (Lipinski definition) is 4. The van der Waals surface area contributed by atoms with Crippen LogP contribution in [0.4, 0.5) is 0 Å². The Morgan fingerprint density at radius 3 is 2.37 bits per heavy atom. The van der Waals surface area contributed by atoms with Gasteiger partial charge in [0.15, 0.2) is 0 Å². The number of benzene rings is 3. The summed E-state index contributed by atoms with van der Waals surface area (Å²) < 4.78 is 26.2. The van der Waals surface area contributed by atoms with E-state index in [1.807, 2.05) is 56.3 Å². The molecule has 0 aliphatic rings. The third-order valence-electron chi connectivity index (χ3n) is 5.99. The van der Waals surface area contributed by atoms with Crippen LogP contribution in [0.1, 0.15) is 59.0 Å². The number of aliphatic carboxylic acids is 1. The molecule has 2 atom stereocenters. The highest BCUT2D eigenvalue weighted by molar-refractivity contribution is 7.89. The monoisotopic (exact) mass is 559 g/mol. The number of rotatable bonds is 12. The number of nitrogens with one attached hydrogen (secondary N) is 3. The third-order valence-corrected chi connectivity index (χ3v) is 7.74. The highest BCUT2D eigenvalue weighted by Gasteiger charge is 2.24. The van der Waals surface area contributed by atoms with Crippen LogP contribution in [0.3, 0.4) is 0 Å². The van der Waals surface area contributed by atoms with Crippen molar-refractivity contribution in [1.82, 2.24) is 15.4 Å². The van der Waals surface area contributed by atoms with Crippen molar-refractivity contribution in [1.29, 1.82) is 0 Å². The van der Waals surface area contributed by atoms with Crippen LogP contribution in [0.25, 0.3) is 10.8 Å². The quantitative estimate of drug-likeness (QED) is 0.265. The van der Waals surface area contributed by atoms with Crippen molar-refractivity contribution in [3.63, 3.8) is 0 Å². The second-order valence-corrected chi connectivity index (χ2v) is 11.2. The maximum Gasteiger partial charge on any atom is 0.327 e. The molecule has 38 heavy (non-hydrogen) atoms. The number of carbonyl (C=O) groups excluding carboxylic acids is 2. The van der Waals surface area contributed by atoms with Crippen LogP contribution < -0.4 is 15.4 Å². The molecular weight excluding hydrogens is 530 g/mol. The Hall–Kier alpha value is -3.47. The lowest BCUT2D eigenvalue weighted by atomic mass is 9.99. The third kappa shape index (κ3) is 7.53. The molecule has 0 saturated carbocycles. The van der Waals surface area contributed by atoms with Crippen LogP contribution in [0, 0.1) is 0 Å². The van der Waals surface area contributed by atoms with Crippen molar-refractivity contribution in [2.75, 3.05) is 12.3 Å². The topological polar surface area (TPSA) is 142 Å². The summed E-state index contributed by atoms with van der Waals surface area (Å²) in [5.41, 5.74) is 1.12. The van der Waals surface area contributed by atoms with E-state index in [4.69, 9.17) is 11.6 Å². The average Bonchev–Trinajstić information content (AvgIpc) is 2.89. The van der Waals surface area contributed by atoms with E-state index in [0.29, 0.717) is 12.8 Å². The van der Waals surface area contributed by atoms with Gasteiger partial charge in [-0.3, -0.25) is 9.59 Å². The zero-order chi connectivity index (χ0) is 27.9. The van der Waals surface area contributed by atoms with Crippen molar-refractivity contribution >= 4 is 50.2 Å². The molecule has 3 aromatic rings. The molecule has 0 heterocycles. The predicted octanol–water partition coefficient (Wildman–Crippen LogP) is 3.89. The molecule has 0 saturated heterocycles. The van der Waals surface area contributed by atoms with Crippen LogP contribution in [0.15, 0.2) is 60.7 Å². The van der Waals surface area contributed by atoms with Crippen molar-refractivity contribution in [3.05, 3.63) is 82.4 Å². The maximum absolute atomic E-state index is 12.9. The molecule has 0 bridgehead atoms. The Morgan fingerprint density at radius 1 is 0.974 bits per heavy atom. The number of sulfonamides is 1. The molecule has 0 aromatic heterocycles. The largest absolute Gasteiger partial charge is 0.480 e. The number of unbranched alkanes of at least 4 members (excludes halogenated alkanes) is 1. The van der Waals surface area contributed by atoms with Gasteiger partial charge in [-0.25, -0.2) is 17.9 Å². The minimum absolute atomic E-state index is 0.0505. The van der Waals surface area contributed by atoms with Gasteiger partial charge < -0.3 is 15.7 Å². The zero-order valence-corrected chi connectivity index (χ0v) is 22.6. The Bertz CT molecular complexity index is 1440. The summed E-state index contributed by atoms with van der Waals surface area (Å²) >= 11 is 6.27. The number of carbonyl (C=O) groups is 3.